The summed E-state index contributed by atoms with van der Waals surface area (Å²) >= 11 is 0. The molecule has 42 heavy (non-hydrogen) atoms. The van der Waals surface area contributed by atoms with E-state index in [1.807, 2.05) is 4.68 Å². The maximum Gasteiger partial charge on any atom is 0.0827 e. The maximum atomic E-state index is 4.48. The molecule has 4 aromatic carbocycles. The van der Waals surface area contributed by atoms with Gasteiger partial charge in [0.15, 0.2) is 0 Å². The largest absolute Gasteiger partial charge is 0.309 e. The molecule has 0 radical (unpaired) electrons. The molecule has 0 fully saturated rings. The van der Waals surface area contributed by atoms with E-state index in [1.165, 1.54) is 59.2 Å². The lowest BCUT2D eigenvalue weighted by Crippen LogP contribution is -2.08. The minimum Gasteiger partial charge on any atom is -0.309 e. The zero-order valence-electron chi connectivity index (χ0n) is 24.5. The van der Waals surface area contributed by atoms with Crippen LogP contribution >= 0.6 is 0 Å². The second-order valence-corrected chi connectivity index (χ2v) is 11.0. The van der Waals surface area contributed by atoms with Gasteiger partial charge in [0.25, 0.3) is 0 Å². The van der Waals surface area contributed by atoms with Gasteiger partial charge in [-0.1, -0.05) is 135 Å². The van der Waals surface area contributed by atoms with Gasteiger partial charge in [0.2, 0.25) is 0 Å². The molecule has 4 nitrogen and oxygen atoms in total. The molecule has 0 N–H and O–H groups in total. The van der Waals surface area contributed by atoms with E-state index in [2.05, 4.69) is 156 Å². The van der Waals surface area contributed by atoms with E-state index in [4.69, 9.17) is 0 Å². The summed E-state index contributed by atoms with van der Waals surface area (Å²) in [6.07, 6.45) is 8.06. The molecule has 0 aliphatic heterocycles. The third-order valence-corrected chi connectivity index (χ3v) is 8.08. The fourth-order valence-corrected chi connectivity index (χ4v) is 5.72. The maximum absolute atomic E-state index is 4.48. The zero-order valence-corrected chi connectivity index (χ0v) is 24.5. The van der Waals surface area contributed by atoms with Gasteiger partial charge in [-0.25, -0.2) is 4.68 Å². The molecule has 2 heterocycles. The third-order valence-electron chi connectivity index (χ3n) is 8.08. The van der Waals surface area contributed by atoms with Gasteiger partial charge in [0.1, 0.15) is 0 Å². The summed E-state index contributed by atoms with van der Waals surface area (Å²) < 4.78 is 4.41. The fourth-order valence-electron chi connectivity index (χ4n) is 5.72. The topological polar surface area (TPSA) is 35.6 Å². The van der Waals surface area contributed by atoms with Gasteiger partial charge in [0, 0.05) is 17.4 Å². The van der Waals surface area contributed by atoms with Crippen LogP contribution in [-0.4, -0.2) is 19.6 Å². The first-order valence-electron chi connectivity index (χ1n) is 15.2. The van der Waals surface area contributed by atoms with Crippen molar-refractivity contribution >= 4 is 0 Å². The lowest BCUT2D eigenvalue weighted by molar-refractivity contribution is 0.543. The Kier molecular flexibility index (Phi) is 8.41. The average Bonchev–Trinajstić information content (AvgIpc) is 3.70. The van der Waals surface area contributed by atoms with Crippen LogP contribution in [-0.2, 0) is 6.42 Å². The molecule has 0 saturated carbocycles. The highest BCUT2D eigenvalue weighted by molar-refractivity contribution is 5.88. The standard InChI is InChI=1S/C38H38N4/c1-3-4-5-15-22-34-28-41(40-39-34)29(2)30-23-25-35(26-24-30)42-37(32-18-11-7-12-19-32)27-36(31-16-9-6-10-17-31)38(42)33-20-13-8-14-21-33/h6-14,16-21,23-29H,3-5,15,22H2,1-2H3. The number of rotatable bonds is 11. The number of aryl methyl sites for hydroxylation is 1. The summed E-state index contributed by atoms with van der Waals surface area (Å²) in [7, 11) is 0. The van der Waals surface area contributed by atoms with E-state index in [1.54, 1.807) is 0 Å². The number of aromatic nitrogens is 4. The van der Waals surface area contributed by atoms with Crippen molar-refractivity contribution in [2.75, 3.05) is 0 Å². The van der Waals surface area contributed by atoms with Gasteiger partial charge in [-0.3, -0.25) is 0 Å². The highest BCUT2D eigenvalue weighted by atomic mass is 15.4. The molecular formula is C38H38N4. The second kappa shape index (κ2) is 12.9. The number of nitrogens with zero attached hydrogens (tertiary/aromatic N) is 4. The molecular weight excluding hydrogens is 512 g/mol. The van der Waals surface area contributed by atoms with Gasteiger partial charge in [-0.05, 0) is 60.2 Å². The Morgan fingerprint density at radius 2 is 1.29 bits per heavy atom. The molecule has 4 heteroatoms. The van der Waals surface area contributed by atoms with E-state index in [-0.39, 0.29) is 6.04 Å². The van der Waals surface area contributed by atoms with Crippen molar-refractivity contribution in [1.29, 1.82) is 0 Å². The van der Waals surface area contributed by atoms with Crippen LogP contribution in [0.4, 0.5) is 0 Å². The van der Waals surface area contributed by atoms with E-state index >= 15 is 0 Å². The number of hydrogen-bond acceptors (Lipinski definition) is 2. The number of benzene rings is 4. The third kappa shape index (κ3) is 5.84. The summed E-state index contributed by atoms with van der Waals surface area (Å²) in [4.78, 5) is 0. The van der Waals surface area contributed by atoms with Crippen molar-refractivity contribution in [3.8, 4) is 39.3 Å². The minimum atomic E-state index is 0.0997. The summed E-state index contributed by atoms with van der Waals surface area (Å²) in [5, 5.41) is 8.93. The molecule has 0 bridgehead atoms. The van der Waals surface area contributed by atoms with Crippen LogP contribution in [0.25, 0.3) is 39.3 Å². The summed E-state index contributed by atoms with van der Waals surface area (Å²) in [6.45, 7) is 4.44. The van der Waals surface area contributed by atoms with Crippen molar-refractivity contribution < 1.29 is 0 Å². The lowest BCUT2D eigenvalue weighted by atomic mass is 10.0. The van der Waals surface area contributed by atoms with Crippen molar-refractivity contribution in [3.63, 3.8) is 0 Å². The molecule has 1 atom stereocenters. The molecule has 0 aliphatic carbocycles. The Hall–Kier alpha value is -4.70. The Morgan fingerprint density at radius 1 is 0.667 bits per heavy atom. The van der Waals surface area contributed by atoms with Crippen LogP contribution in [0, 0.1) is 0 Å². The summed E-state index contributed by atoms with van der Waals surface area (Å²) in [5.74, 6) is 0. The van der Waals surface area contributed by atoms with E-state index in [9.17, 15) is 0 Å². The van der Waals surface area contributed by atoms with E-state index < -0.39 is 0 Å². The minimum absolute atomic E-state index is 0.0997. The lowest BCUT2D eigenvalue weighted by Gasteiger charge is -2.17. The smallest absolute Gasteiger partial charge is 0.0827 e. The first-order valence-corrected chi connectivity index (χ1v) is 15.2. The Labute approximate surface area is 249 Å². The van der Waals surface area contributed by atoms with Gasteiger partial charge < -0.3 is 4.57 Å². The molecule has 6 aromatic rings. The number of hydrogen-bond donors (Lipinski definition) is 0. The highest BCUT2D eigenvalue weighted by Crippen LogP contribution is 2.41. The van der Waals surface area contributed by atoms with Crippen LogP contribution in [0.15, 0.2) is 128 Å². The van der Waals surface area contributed by atoms with Crippen LogP contribution < -0.4 is 0 Å². The van der Waals surface area contributed by atoms with Crippen LogP contribution in [0.1, 0.15) is 56.8 Å². The molecule has 0 amide bonds. The quantitative estimate of drug-likeness (QED) is 0.151. The Bertz CT molecular complexity index is 1700. The van der Waals surface area contributed by atoms with Crippen molar-refractivity contribution in [2.45, 2.75) is 52.0 Å². The SMILES string of the molecule is CCCCCCc1cn(C(C)c2ccc(-n3c(-c4ccccc4)cc(-c4ccccc4)c3-c3ccccc3)cc2)nn1. The van der Waals surface area contributed by atoms with Gasteiger partial charge in [-0.15, -0.1) is 5.10 Å². The molecule has 1 unspecified atom stereocenters. The number of unbranched alkanes of at least 4 members (excludes halogenated alkanes) is 3. The van der Waals surface area contributed by atoms with Crippen LogP contribution in [0.3, 0.4) is 0 Å². The average molecular weight is 551 g/mol. The van der Waals surface area contributed by atoms with E-state index in [0.29, 0.717) is 0 Å². The first-order chi connectivity index (χ1) is 20.7. The second-order valence-electron chi connectivity index (χ2n) is 11.0. The molecule has 0 saturated heterocycles. The van der Waals surface area contributed by atoms with Crippen molar-refractivity contribution in [2.24, 2.45) is 0 Å². The molecule has 210 valence electrons. The van der Waals surface area contributed by atoms with Crippen molar-refractivity contribution in [1.82, 2.24) is 19.6 Å². The predicted octanol–water partition coefficient (Wildman–Crippen LogP) is 9.80. The fraction of sp³-hybridized carbons (Fsp3) is 0.211. The van der Waals surface area contributed by atoms with Gasteiger partial charge in [-0.2, -0.15) is 0 Å². The van der Waals surface area contributed by atoms with Crippen molar-refractivity contribution in [3.05, 3.63) is 139 Å². The highest BCUT2D eigenvalue weighted by Gasteiger charge is 2.21. The van der Waals surface area contributed by atoms with Gasteiger partial charge >= 0.3 is 0 Å². The monoisotopic (exact) mass is 550 g/mol. The predicted molar refractivity (Wildman–Crippen MR) is 174 cm³/mol. The molecule has 2 aromatic heterocycles. The zero-order chi connectivity index (χ0) is 28.7. The summed E-state index contributed by atoms with van der Waals surface area (Å²) in [6, 6.07) is 43.4. The normalized spacial score (nSPS) is 12.0. The van der Waals surface area contributed by atoms with Crippen LogP contribution in [0.2, 0.25) is 0 Å². The van der Waals surface area contributed by atoms with Gasteiger partial charge in [0.05, 0.1) is 23.1 Å². The molecule has 6 rings (SSSR count). The summed E-state index contributed by atoms with van der Waals surface area (Å²) in [5.41, 5.74) is 10.5. The van der Waals surface area contributed by atoms with E-state index in [0.717, 1.165) is 23.5 Å². The Morgan fingerprint density at radius 3 is 1.93 bits per heavy atom. The molecule has 0 aliphatic rings. The molecule has 0 spiro atoms. The first kappa shape index (κ1) is 27.5. The van der Waals surface area contributed by atoms with Crippen LogP contribution in [0.5, 0.6) is 0 Å². The Balaban J connectivity index is 1.40.